The summed E-state index contributed by atoms with van der Waals surface area (Å²) in [5.74, 6) is 0. The van der Waals surface area contributed by atoms with E-state index in [2.05, 4.69) is 33.3 Å². The highest BCUT2D eigenvalue weighted by Gasteiger charge is 2.19. The van der Waals surface area contributed by atoms with Crippen LogP contribution in [0.2, 0.25) is 0 Å². The highest BCUT2D eigenvalue weighted by atomic mass is 32.2. The zero-order valence-corrected chi connectivity index (χ0v) is 16.5. The Morgan fingerprint density at radius 1 is 1.15 bits per heavy atom. The average molecular weight is 386 g/mol. The van der Waals surface area contributed by atoms with Gasteiger partial charge in [-0.15, -0.1) is 0 Å². The maximum absolute atomic E-state index is 12.6. The molecule has 0 atom stereocenters. The Balaban J connectivity index is 1.88. The number of nitrogens with zero attached hydrogens (tertiary/aromatic N) is 2. The van der Waals surface area contributed by atoms with Crippen LogP contribution in [-0.4, -0.2) is 46.2 Å². The molecule has 27 heavy (non-hydrogen) atoms. The van der Waals surface area contributed by atoms with Gasteiger partial charge in [-0.3, -0.25) is 4.99 Å². The van der Waals surface area contributed by atoms with Crippen molar-refractivity contribution >= 4 is 16.2 Å². The zero-order valence-electron chi connectivity index (χ0n) is 15.7. The maximum Gasteiger partial charge on any atom is 0.242 e. The second-order valence-electron chi connectivity index (χ2n) is 6.28. The predicted octanol–water partition coefficient (Wildman–Crippen LogP) is 3.06. The van der Waals surface area contributed by atoms with E-state index in [1.807, 2.05) is 37.4 Å². The fraction of sp³-hybridized carbons (Fsp3) is 0.286. The topological polar surface area (TPSA) is 61.8 Å². The number of likely N-dealkylation sites (N-methyl/N-ethyl adjacent to an activating group) is 1. The average Bonchev–Trinajstić information content (AvgIpc) is 2.65. The molecule has 0 saturated heterocycles. The van der Waals surface area contributed by atoms with Crippen LogP contribution in [0.15, 0.2) is 82.9 Å². The Morgan fingerprint density at radius 2 is 1.89 bits per heavy atom. The normalized spacial score (nSPS) is 20.7. The van der Waals surface area contributed by atoms with Gasteiger partial charge in [0.25, 0.3) is 0 Å². The van der Waals surface area contributed by atoms with E-state index in [0.717, 1.165) is 19.4 Å². The molecule has 144 valence electrons. The number of hydrogen-bond acceptors (Lipinski definition) is 4. The van der Waals surface area contributed by atoms with E-state index in [1.54, 1.807) is 24.4 Å². The third kappa shape index (κ3) is 7.46. The van der Waals surface area contributed by atoms with Gasteiger partial charge in [0.1, 0.15) is 4.91 Å². The summed E-state index contributed by atoms with van der Waals surface area (Å²) in [5.41, 5.74) is 1.49. The molecule has 1 aliphatic heterocycles. The van der Waals surface area contributed by atoms with Crippen molar-refractivity contribution in [2.45, 2.75) is 12.8 Å². The summed E-state index contributed by atoms with van der Waals surface area (Å²) in [6, 6.07) is 10.2. The predicted molar refractivity (Wildman–Crippen MR) is 113 cm³/mol. The molecule has 0 fully saturated rings. The summed E-state index contributed by atoms with van der Waals surface area (Å²) in [7, 11) is -1.68. The van der Waals surface area contributed by atoms with Crippen LogP contribution in [-0.2, 0) is 16.4 Å². The van der Waals surface area contributed by atoms with E-state index in [9.17, 15) is 8.42 Å². The molecular formula is C21H27N3O2S. The minimum atomic E-state index is -3.67. The number of nitrogens with one attached hydrogen (secondary N) is 1. The van der Waals surface area contributed by atoms with E-state index in [4.69, 9.17) is 0 Å². The Kier molecular flexibility index (Phi) is 8.39. The molecule has 0 spiro atoms. The fourth-order valence-electron chi connectivity index (χ4n) is 2.51. The standard InChI is InChI=1S/C21H27N3O2S/c1-19-21(13-9-4-3-5-10-15-22-19)27(25,26)23-16-18-24(2)17-14-20-11-7-6-8-12-20/h4-13,15,23H,1,3,14,16-18H2,2H3/b9-4-,10-5-,21-13+,22-15-. The largest absolute Gasteiger partial charge is 0.305 e. The number of benzene rings is 1. The molecule has 1 aliphatic rings. The molecule has 1 aromatic rings. The van der Waals surface area contributed by atoms with Gasteiger partial charge >= 0.3 is 0 Å². The summed E-state index contributed by atoms with van der Waals surface area (Å²) in [4.78, 5) is 6.30. The molecule has 1 aromatic carbocycles. The van der Waals surface area contributed by atoms with Gasteiger partial charge in [-0.25, -0.2) is 13.1 Å². The monoisotopic (exact) mass is 385 g/mol. The van der Waals surface area contributed by atoms with Crippen molar-refractivity contribution in [3.05, 3.63) is 83.5 Å². The first kappa shape index (κ1) is 21.0. The molecule has 1 heterocycles. The van der Waals surface area contributed by atoms with Crippen LogP contribution >= 0.6 is 0 Å². The lowest BCUT2D eigenvalue weighted by molar-refractivity contribution is 0.343. The summed E-state index contributed by atoms with van der Waals surface area (Å²) in [6.07, 6.45) is 12.1. The first-order chi connectivity index (χ1) is 13.0. The van der Waals surface area contributed by atoms with E-state index in [0.29, 0.717) is 13.1 Å². The van der Waals surface area contributed by atoms with E-state index >= 15 is 0 Å². The van der Waals surface area contributed by atoms with E-state index < -0.39 is 10.0 Å². The van der Waals surface area contributed by atoms with Gasteiger partial charge in [0, 0.05) is 25.8 Å². The lowest BCUT2D eigenvalue weighted by Crippen LogP contribution is -2.34. The quantitative estimate of drug-likeness (QED) is 0.748. The van der Waals surface area contributed by atoms with Gasteiger partial charge < -0.3 is 4.90 Å². The minimum Gasteiger partial charge on any atom is -0.305 e. The Labute approximate surface area is 162 Å². The molecule has 0 unspecified atom stereocenters. The first-order valence-corrected chi connectivity index (χ1v) is 10.4. The molecule has 1 N–H and O–H groups in total. The Bertz CT molecular complexity index is 837. The lowest BCUT2D eigenvalue weighted by atomic mass is 10.1. The SMILES string of the molecule is C=C1/N=C\C=C/C/C=C\C=C/1S(=O)(=O)NCCN(C)CCc1ccccc1. The molecule has 0 radical (unpaired) electrons. The molecular weight excluding hydrogens is 358 g/mol. The molecule has 0 bridgehead atoms. The smallest absolute Gasteiger partial charge is 0.242 e. The number of rotatable bonds is 8. The number of sulfonamides is 1. The molecule has 0 aromatic heterocycles. The lowest BCUT2D eigenvalue weighted by Gasteiger charge is -2.17. The Morgan fingerprint density at radius 3 is 2.67 bits per heavy atom. The van der Waals surface area contributed by atoms with Gasteiger partial charge in [-0.1, -0.05) is 55.1 Å². The maximum atomic E-state index is 12.6. The van der Waals surface area contributed by atoms with Gasteiger partial charge in [0.15, 0.2) is 0 Å². The second-order valence-corrected chi connectivity index (χ2v) is 8.02. The second kappa shape index (κ2) is 10.8. The van der Waals surface area contributed by atoms with Gasteiger partial charge in [-0.05, 0) is 37.6 Å². The number of allylic oxidation sites excluding steroid dienone is 5. The third-order valence-corrected chi connectivity index (χ3v) is 5.63. The number of aliphatic imine (C=N–C) groups is 1. The highest BCUT2D eigenvalue weighted by Crippen LogP contribution is 2.16. The van der Waals surface area contributed by atoms with Crippen LogP contribution in [0.25, 0.3) is 0 Å². The molecule has 0 aliphatic carbocycles. The third-order valence-electron chi connectivity index (χ3n) is 4.09. The summed E-state index contributed by atoms with van der Waals surface area (Å²) in [6.45, 7) is 5.58. The number of hydrogen-bond donors (Lipinski definition) is 1. The molecule has 6 heteroatoms. The van der Waals surface area contributed by atoms with Crippen LogP contribution in [0.5, 0.6) is 0 Å². The fourth-order valence-corrected chi connectivity index (χ4v) is 3.65. The van der Waals surface area contributed by atoms with Gasteiger partial charge in [0.05, 0.1) is 5.70 Å². The van der Waals surface area contributed by atoms with E-state index in [-0.39, 0.29) is 10.6 Å². The van der Waals surface area contributed by atoms with Crippen molar-refractivity contribution in [1.82, 2.24) is 9.62 Å². The van der Waals surface area contributed by atoms with Crippen LogP contribution in [0, 0.1) is 0 Å². The molecule has 2 rings (SSSR count). The van der Waals surface area contributed by atoms with Crippen LogP contribution < -0.4 is 4.72 Å². The van der Waals surface area contributed by atoms with Crippen LogP contribution in [0.4, 0.5) is 0 Å². The van der Waals surface area contributed by atoms with Gasteiger partial charge in [0.2, 0.25) is 10.0 Å². The van der Waals surface area contributed by atoms with Crippen molar-refractivity contribution in [3.63, 3.8) is 0 Å². The van der Waals surface area contributed by atoms with Crippen LogP contribution in [0.3, 0.4) is 0 Å². The zero-order chi connectivity index (χ0) is 19.5. The summed E-state index contributed by atoms with van der Waals surface area (Å²) in [5, 5.41) is 0. The summed E-state index contributed by atoms with van der Waals surface area (Å²) < 4.78 is 27.9. The van der Waals surface area contributed by atoms with Crippen molar-refractivity contribution < 1.29 is 8.42 Å². The highest BCUT2D eigenvalue weighted by molar-refractivity contribution is 7.93. The van der Waals surface area contributed by atoms with Crippen molar-refractivity contribution in [3.8, 4) is 0 Å². The van der Waals surface area contributed by atoms with Gasteiger partial charge in [-0.2, -0.15) is 0 Å². The van der Waals surface area contributed by atoms with Crippen LogP contribution in [0.1, 0.15) is 12.0 Å². The van der Waals surface area contributed by atoms with Crippen molar-refractivity contribution in [2.24, 2.45) is 4.99 Å². The summed E-state index contributed by atoms with van der Waals surface area (Å²) >= 11 is 0. The molecule has 0 amide bonds. The molecule has 5 nitrogen and oxygen atoms in total. The first-order valence-electron chi connectivity index (χ1n) is 8.96. The van der Waals surface area contributed by atoms with Crippen molar-refractivity contribution in [1.29, 1.82) is 0 Å². The Hall–Kier alpha value is -2.28. The molecule has 0 saturated carbocycles. The van der Waals surface area contributed by atoms with E-state index in [1.165, 1.54) is 5.56 Å². The van der Waals surface area contributed by atoms with Crippen molar-refractivity contribution in [2.75, 3.05) is 26.7 Å². The minimum absolute atomic E-state index is 0.0947.